The molecule has 2 rings (SSSR count). The second-order valence-corrected chi connectivity index (χ2v) is 10.4. The number of nitrogens with zero attached hydrogens (tertiary/aromatic N) is 1. The van der Waals surface area contributed by atoms with Gasteiger partial charge in [0.15, 0.2) is 0 Å². The van der Waals surface area contributed by atoms with Gasteiger partial charge in [0, 0.05) is 11.7 Å². The van der Waals surface area contributed by atoms with E-state index < -0.39 is 35.6 Å². The SMILES string of the molecule is C#CN(C(=O)C(CC(C)C)NC(=O)OC(C)(C)C)C(C(=O)Nc1c(C)cccc1C)c1cccc(O)c1. The first kappa shape index (κ1) is 29.2. The lowest BCUT2D eigenvalue weighted by Gasteiger charge is -2.31. The first-order chi connectivity index (χ1) is 17.2. The number of hydrogen-bond donors (Lipinski definition) is 3. The van der Waals surface area contributed by atoms with Crippen molar-refractivity contribution in [3.05, 3.63) is 59.2 Å². The standard InChI is InChI=1S/C29H37N3O5/c1-9-32(27(35)23(16-18(2)3)30-28(36)37-29(6,7)8)25(21-14-11-15-22(33)17-21)26(34)31-24-19(4)12-10-13-20(24)5/h1,10-15,17-18,23,25,33H,16H2,2-8H3,(H,30,36)(H,31,34). The number of aromatic hydroxyl groups is 1. The summed E-state index contributed by atoms with van der Waals surface area (Å²) >= 11 is 0. The highest BCUT2D eigenvalue weighted by molar-refractivity contribution is 6.00. The van der Waals surface area contributed by atoms with Crippen molar-refractivity contribution in [1.82, 2.24) is 10.2 Å². The summed E-state index contributed by atoms with van der Waals surface area (Å²) in [5, 5.41) is 15.6. The molecular weight excluding hydrogens is 470 g/mol. The van der Waals surface area contributed by atoms with Crippen molar-refractivity contribution in [2.24, 2.45) is 5.92 Å². The zero-order valence-corrected chi connectivity index (χ0v) is 22.6. The van der Waals surface area contributed by atoms with Crippen molar-refractivity contribution in [3.8, 4) is 18.2 Å². The van der Waals surface area contributed by atoms with Crippen LogP contribution in [0.1, 0.15) is 63.8 Å². The molecule has 3 N–H and O–H groups in total. The summed E-state index contributed by atoms with van der Waals surface area (Å²) in [4.78, 5) is 41.0. The fraction of sp³-hybridized carbons (Fsp3) is 0.414. The molecule has 0 heterocycles. The highest BCUT2D eigenvalue weighted by Crippen LogP contribution is 2.28. The fourth-order valence-electron chi connectivity index (χ4n) is 3.89. The zero-order valence-electron chi connectivity index (χ0n) is 22.6. The van der Waals surface area contributed by atoms with Crippen LogP contribution in [0.25, 0.3) is 0 Å². The lowest BCUT2D eigenvalue weighted by atomic mass is 9.99. The van der Waals surface area contributed by atoms with Crippen molar-refractivity contribution in [3.63, 3.8) is 0 Å². The number of phenolic OH excluding ortho intramolecular Hbond substituents is 1. The lowest BCUT2D eigenvalue weighted by Crippen LogP contribution is -2.51. The number of nitrogens with one attached hydrogen (secondary N) is 2. The van der Waals surface area contributed by atoms with Crippen molar-refractivity contribution >= 4 is 23.6 Å². The van der Waals surface area contributed by atoms with E-state index in [9.17, 15) is 19.5 Å². The number of alkyl carbamates (subject to hydrolysis) is 1. The number of aryl methyl sites for hydroxylation is 2. The van der Waals surface area contributed by atoms with Crippen LogP contribution in [0.3, 0.4) is 0 Å². The maximum atomic E-state index is 13.8. The number of phenols is 1. The number of terminal acetylenes is 1. The van der Waals surface area contributed by atoms with E-state index in [2.05, 4.69) is 16.7 Å². The topological polar surface area (TPSA) is 108 Å². The Morgan fingerprint density at radius 2 is 1.68 bits per heavy atom. The summed E-state index contributed by atoms with van der Waals surface area (Å²) < 4.78 is 5.34. The number of carbonyl (C=O) groups excluding carboxylic acids is 3. The van der Waals surface area contributed by atoms with Gasteiger partial charge in [-0.25, -0.2) is 4.79 Å². The largest absolute Gasteiger partial charge is 0.508 e. The first-order valence-electron chi connectivity index (χ1n) is 12.2. The normalized spacial score (nSPS) is 12.7. The minimum Gasteiger partial charge on any atom is -0.508 e. The Morgan fingerprint density at radius 1 is 1.08 bits per heavy atom. The van der Waals surface area contributed by atoms with Gasteiger partial charge in [-0.05, 0) is 75.8 Å². The summed E-state index contributed by atoms with van der Waals surface area (Å²) in [6.45, 7) is 12.7. The maximum Gasteiger partial charge on any atom is 0.408 e. The van der Waals surface area contributed by atoms with Gasteiger partial charge in [0.1, 0.15) is 23.4 Å². The van der Waals surface area contributed by atoms with E-state index in [1.807, 2.05) is 45.9 Å². The number of ether oxygens (including phenoxy) is 1. The predicted octanol–water partition coefficient (Wildman–Crippen LogP) is 5.05. The van der Waals surface area contributed by atoms with Crippen molar-refractivity contribution in [2.45, 2.75) is 72.6 Å². The van der Waals surface area contributed by atoms with E-state index >= 15 is 0 Å². The van der Waals surface area contributed by atoms with Gasteiger partial charge in [-0.1, -0.05) is 50.6 Å². The second-order valence-electron chi connectivity index (χ2n) is 10.4. The van der Waals surface area contributed by atoms with Crippen LogP contribution >= 0.6 is 0 Å². The molecular formula is C29H37N3O5. The average molecular weight is 508 g/mol. The highest BCUT2D eigenvalue weighted by Gasteiger charge is 2.36. The molecule has 0 radical (unpaired) electrons. The maximum absolute atomic E-state index is 13.8. The Labute approximate surface area is 219 Å². The minimum absolute atomic E-state index is 0.0196. The van der Waals surface area contributed by atoms with E-state index in [1.54, 1.807) is 32.9 Å². The third-order valence-corrected chi connectivity index (χ3v) is 5.49. The quantitative estimate of drug-likeness (QED) is 0.342. The molecule has 0 saturated heterocycles. The molecule has 0 saturated carbocycles. The van der Waals surface area contributed by atoms with Crippen LogP contribution in [0.15, 0.2) is 42.5 Å². The van der Waals surface area contributed by atoms with Crippen LogP contribution in [-0.2, 0) is 14.3 Å². The summed E-state index contributed by atoms with van der Waals surface area (Å²) in [6.07, 6.45) is 5.31. The Hall–Kier alpha value is -3.99. The number of carbonyl (C=O) groups is 3. The molecule has 2 unspecified atom stereocenters. The molecule has 0 aromatic heterocycles. The predicted molar refractivity (Wildman–Crippen MR) is 144 cm³/mol. The third-order valence-electron chi connectivity index (χ3n) is 5.49. The molecule has 2 aromatic carbocycles. The first-order valence-corrected chi connectivity index (χ1v) is 12.2. The fourth-order valence-corrected chi connectivity index (χ4v) is 3.89. The molecule has 3 amide bonds. The Bertz CT molecular complexity index is 1160. The van der Waals surface area contributed by atoms with Gasteiger partial charge in [-0.15, -0.1) is 0 Å². The molecule has 0 spiro atoms. The van der Waals surface area contributed by atoms with E-state index in [0.717, 1.165) is 16.0 Å². The molecule has 0 fully saturated rings. The Balaban J connectivity index is 2.50. The lowest BCUT2D eigenvalue weighted by molar-refractivity contribution is -0.137. The van der Waals surface area contributed by atoms with Gasteiger partial charge in [-0.3, -0.25) is 14.5 Å². The van der Waals surface area contributed by atoms with Crippen LogP contribution in [0.5, 0.6) is 5.75 Å². The van der Waals surface area contributed by atoms with Crippen LogP contribution in [0.2, 0.25) is 0 Å². The van der Waals surface area contributed by atoms with Gasteiger partial charge in [0.05, 0.1) is 0 Å². The summed E-state index contributed by atoms with van der Waals surface area (Å²) in [5.41, 5.74) is 1.83. The zero-order chi connectivity index (χ0) is 27.9. The summed E-state index contributed by atoms with van der Waals surface area (Å²) in [5.74, 6) is -1.27. The molecule has 8 nitrogen and oxygen atoms in total. The van der Waals surface area contributed by atoms with Gasteiger partial charge in [0.2, 0.25) is 0 Å². The molecule has 0 aliphatic heterocycles. The molecule has 8 heteroatoms. The van der Waals surface area contributed by atoms with E-state index in [1.165, 1.54) is 12.1 Å². The summed E-state index contributed by atoms with van der Waals surface area (Å²) in [6, 6.07) is 11.6. The van der Waals surface area contributed by atoms with Crippen molar-refractivity contribution < 1.29 is 24.2 Å². The Kier molecular flexibility index (Phi) is 9.73. The molecule has 0 aliphatic rings. The van der Waals surface area contributed by atoms with Crippen molar-refractivity contribution in [1.29, 1.82) is 0 Å². The second kappa shape index (κ2) is 12.3. The highest BCUT2D eigenvalue weighted by atomic mass is 16.6. The Morgan fingerprint density at radius 3 is 2.19 bits per heavy atom. The van der Waals surface area contributed by atoms with E-state index in [4.69, 9.17) is 11.2 Å². The number of rotatable bonds is 8. The summed E-state index contributed by atoms with van der Waals surface area (Å²) in [7, 11) is 0. The number of para-hydroxylation sites is 1. The van der Waals surface area contributed by atoms with Crippen LogP contribution in [-0.4, -0.2) is 39.6 Å². The monoisotopic (exact) mass is 507 g/mol. The third kappa shape index (κ3) is 8.28. The van der Waals surface area contributed by atoms with Crippen LogP contribution in [0.4, 0.5) is 10.5 Å². The van der Waals surface area contributed by atoms with Crippen LogP contribution in [0, 0.1) is 32.2 Å². The minimum atomic E-state index is -1.28. The van der Waals surface area contributed by atoms with Gasteiger partial charge < -0.3 is 20.5 Å². The van der Waals surface area contributed by atoms with Gasteiger partial charge in [-0.2, -0.15) is 0 Å². The number of anilines is 1. The molecule has 198 valence electrons. The molecule has 0 aliphatic carbocycles. The molecule has 2 atom stereocenters. The average Bonchev–Trinajstić information content (AvgIpc) is 2.77. The number of amides is 3. The van der Waals surface area contributed by atoms with Gasteiger partial charge >= 0.3 is 6.09 Å². The number of benzene rings is 2. The molecule has 2 aromatic rings. The smallest absolute Gasteiger partial charge is 0.408 e. The van der Waals surface area contributed by atoms with E-state index in [-0.39, 0.29) is 18.1 Å². The van der Waals surface area contributed by atoms with Crippen molar-refractivity contribution in [2.75, 3.05) is 5.32 Å². The molecule has 37 heavy (non-hydrogen) atoms. The number of hydrogen-bond acceptors (Lipinski definition) is 5. The molecule has 0 bridgehead atoms. The van der Waals surface area contributed by atoms with Crippen LogP contribution < -0.4 is 10.6 Å². The van der Waals surface area contributed by atoms with Gasteiger partial charge in [0.25, 0.3) is 11.8 Å². The van der Waals surface area contributed by atoms with E-state index in [0.29, 0.717) is 11.3 Å².